The number of rotatable bonds is 4. The minimum Gasteiger partial charge on any atom is -0.497 e. The number of hydrogen-bond donors (Lipinski definition) is 1. The van der Waals surface area contributed by atoms with E-state index in [1.807, 2.05) is 4.90 Å². The average molecular weight is 280 g/mol. The molecule has 1 saturated heterocycles. The fraction of sp³-hybridized carbons (Fsp3) is 0.571. The van der Waals surface area contributed by atoms with Crippen molar-refractivity contribution in [3.63, 3.8) is 0 Å². The molecule has 1 fully saturated rings. The number of nitrogens with zero attached hydrogens (tertiary/aromatic N) is 2. The Kier molecular flexibility index (Phi) is 4.44. The van der Waals surface area contributed by atoms with E-state index < -0.39 is 0 Å². The monoisotopic (exact) mass is 280 g/mol. The summed E-state index contributed by atoms with van der Waals surface area (Å²) >= 11 is 0. The second-order valence-corrected chi connectivity index (χ2v) is 5.18. The Morgan fingerprint density at radius 2 is 2.10 bits per heavy atom. The van der Waals surface area contributed by atoms with Crippen LogP contribution in [-0.2, 0) is 0 Å². The van der Waals surface area contributed by atoms with Crippen LogP contribution in [0.3, 0.4) is 0 Å². The first-order chi connectivity index (χ1) is 9.52. The van der Waals surface area contributed by atoms with Gasteiger partial charge >= 0.3 is 0 Å². The van der Waals surface area contributed by atoms with Gasteiger partial charge in [-0.2, -0.15) is 0 Å². The molecule has 20 heavy (non-hydrogen) atoms. The minimum atomic E-state index is -0.366. The second kappa shape index (κ2) is 6.09. The summed E-state index contributed by atoms with van der Waals surface area (Å²) in [7, 11) is 1.55. The molecule has 0 aliphatic carbocycles. The zero-order valence-electron chi connectivity index (χ0n) is 11.8. The van der Waals surface area contributed by atoms with Crippen LogP contribution in [0.15, 0.2) is 18.2 Å². The maximum Gasteiger partial charge on any atom is 0.292 e. The molecule has 1 aliphatic rings. The maximum absolute atomic E-state index is 11.1. The Labute approximate surface area is 118 Å². The van der Waals surface area contributed by atoms with Crippen LogP contribution < -0.4 is 9.64 Å². The van der Waals surface area contributed by atoms with E-state index >= 15 is 0 Å². The third-order valence-electron chi connectivity index (χ3n) is 3.94. The first-order valence-electron chi connectivity index (χ1n) is 6.78. The third kappa shape index (κ3) is 3.01. The number of aliphatic hydroxyl groups excluding tert-OH is 1. The Balaban J connectivity index is 2.21. The molecule has 0 aromatic heterocycles. The summed E-state index contributed by atoms with van der Waals surface area (Å²) in [5, 5.41) is 20.7. The second-order valence-electron chi connectivity index (χ2n) is 5.18. The van der Waals surface area contributed by atoms with Crippen molar-refractivity contribution in [1.82, 2.24) is 0 Å². The molecular weight excluding hydrogens is 260 g/mol. The number of nitro benzene ring substituents is 1. The van der Waals surface area contributed by atoms with Gasteiger partial charge in [0, 0.05) is 25.2 Å². The van der Waals surface area contributed by atoms with Crippen LogP contribution in [0.5, 0.6) is 5.75 Å². The van der Waals surface area contributed by atoms with Gasteiger partial charge in [-0.15, -0.1) is 0 Å². The summed E-state index contributed by atoms with van der Waals surface area (Å²) in [5.41, 5.74) is 0.694. The lowest BCUT2D eigenvalue weighted by Gasteiger charge is -2.34. The topological polar surface area (TPSA) is 75.8 Å². The molecule has 1 atom stereocenters. The number of anilines is 1. The molecule has 0 radical (unpaired) electrons. The molecule has 1 aliphatic heterocycles. The largest absolute Gasteiger partial charge is 0.497 e. The van der Waals surface area contributed by atoms with E-state index in [4.69, 9.17) is 4.74 Å². The number of ether oxygens (including phenoxy) is 1. The quantitative estimate of drug-likeness (QED) is 0.676. The van der Waals surface area contributed by atoms with Crippen molar-refractivity contribution in [3.05, 3.63) is 28.3 Å². The molecule has 110 valence electrons. The number of aliphatic hydroxyl groups is 1. The summed E-state index contributed by atoms with van der Waals surface area (Å²) in [6, 6.07) is 4.79. The SMILES string of the molecule is COc1ccc([N+](=O)[O-])c(N2CCC(C(C)O)CC2)c1. The van der Waals surface area contributed by atoms with Crippen molar-refractivity contribution in [2.24, 2.45) is 5.92 Å². The van der Waals surface area contributed by atoms with Crippen LogP contribution in [0.1, 0.15) is 19.8 Å². The van der Waals surface area contributed by atoms with Gasteiger partial charge in [-0.3, -0.25) is 10.1 Å². The maximum atomic E-state index is 11.1. The number of piperidine rings is 1. The van der Waals surface area contributed by atoms with Crippen LogP contribution in [0.2, 0.25) is 0 Å². The zero-order chi connectivity index (χ0) is 14.7. The van der Waals surface area contributed by atoms with Gasteiger partial charge in [-0.05, 0) is 31.7 Å². The molecule has 0 bridgehead atoms. The number of hydrogen-bond acceptors (Lipinski definition) is 5. The average Bonchev–Trinajstić information content (AvgIpc) is 2.46. The van der Waals surface area contributed by atoms with E-state index in [2.05, 4.69) is 0 Å². The van der Waals surface area contributed by atoms with Crippen molar-refractivity contribution in [2.45, 2.75) is 25.9 Å². The van der Waals surface area contributed by atoms with Gasteiger partial charge in [0.15, 0.2) is 0 Å². The summed E-state index contributed by atoms with van der Waals surface area (Å²) in [6.45, 7) is 3.22. The highest BCUT2D eigenvalue weighted by atomic mass is 16.6. The van der Waals surface area contributed by atoms with Crippen LogP contribution in [0.25, 0.3) is 0 Å². The molecule has 0 saturated carbocycles. The van der Waals surface area contributed by atoms with E-state index in [-0.39, 0.29) is 22.6 Å². The van der Waals surface area contributed by atoms with Gasteiger partial charge in [0.2, 0.25) is 0 Å². The van der Waals surface area contributed by atoms with Crippen LogP contribution >= 0.6 is 0 Å². The first-order valence-corrected chi connectivity index (χ1v) is 6.78. The number of nitro groups is 1. The van der Waals surface area contributed by atoms with Crippen LogP contribution in [0.4, 0.5) is 11.4 Å². The summed E-state index contributed by atoms with van der Waals surface area (Å²) in [6.07, 6.45) is 1.36. The van der Waals surface area contributed by atoms with Crippen LogP contribution in [-0.4, -0.2) is 36.3 Å². The molecular formula is C14H20N2O4. The molecule has 1 unspecified atom stereocenters. The third-order valence-corrected chi connectivity index (χ3v) is 3.94. The van der Waals surface area contributed by atoms with Crippen molar-refractivity contribution >= 4 is 11.4 Å². The van der Waals surface area contributed by atoms with E-state index in [9.17, 15) is 15.2 Å². The fourth-order valence-corrected chi connectivity index (χ4v) is 2.66. The van der Waals surface area contributed by atoms with Crippen molar-refractivity contribution in [3.8, 4) is 5.75 Å². The first kappa shape index (κ1) is 14.6. The lowest BCUT2D eigenvalue weighted by atomic mass is 9.92. The van der Waals surface area contributed by atoms with E-state index in [0.29, 0.717) is 24.5 Å². The highest BCUT2D eigenvalue weighted by molar-refractivity contribution is 5.66. The van der Waals surface area contributed by atoms with Gasteiger partial charge < -0.3 is 14.7 Å². The Hall–Kier alpha value is -1.82. The zero-order valence-corrected chi connectivity index (χ0v) is 11.8. The van der Waals surface area contributed by atoms with Crippen molar-refractivity contribution in [1.29, 1.82) is 0 Å². The molecule has 0 amide bonds. The normalized spacial score (nSPS) is 17.9. The molecule has 6 heteroatoms. The van der Waals surface area contributed by atoms with Gasteiger partial charge in [-0.25, -0.2) is 0 Å². The van der Waals surface area contributed by atoms with Gasteiger partial charge in [0.25, 0.3) is 5.69 Å². The molecule has 1 aromatic carbocycles. The molecule has 2 rings (SSSR count). The molecule has 1 aromatic rings. The fourth-order valence-electron chi connectivity index (χ4n) is 2.66. The van der Waals surface area contributed by atoms with Crippen LogP contribution in [0, 0.1) is 16.0 Å². The van der Waals surface area contributed by atoms with Gasteiger partial charge in [-0.1, -0.05) is 0 Å². The van der Waals surface area contributed by atoms with E-state index in [0.717, 1.165) is 12.8 Å². The Morgan fingerprint density at radius 3 is 2.60 bits per heavy atom. The molecule has 6 nitrogen and oxygen atoms in total. The highest BCUT2D eigenvalue weighted by Crippen LogP contribution is 2.35. The molecule has 1 N–H and O–H groups in total. The Bertz CT molecular complexity index is 482. The van der Waals surface area contributed by atoms with Crippen molar-refractivity contribution < 1.29 is 14.8 Å². The van der Waals surface area contributed by atoms with Crippen molar-refractivity contribution in [2.75, 3.05) is 25.1 Å². The van der Waals surface area contributed by atoms with E-state index in [1.54, 1.807) is 26.2 Å². The summed E-state index contributed by atoms with van der Waals surface area (Å²) < 4.78 is 5.15. The number of benzene rings is 1. The summed E-state index contributed by atoms with van der Waals surface area (Å²) in [5.74, 6) is 0.888. The van der Waals surface area contributed by atoms with Gasteiger partial charge in [0.1, 0.15) is 11.4 Å². The standard InChI is InChI=1S/C14H20N2O4/c1-10(17)11-5-7-15(8-6-11)14-9-12(20-2)3-4-13(14)16(18)19/h3-4,9-11,17H,5-8H2,1-2H3. The summed E-state index contributed by atoms with van der Waals surface area (Å²) in [4.78, 5) is 12.8. The molecule has 0 spiro atoms. The molecule has 1 heterocycles. The van der Waals surface area contributed by atoms with Gasteiger partial charge in [0.05, 0.1) is 18.1 Å². The highest BCUT2D eigenvalue weighted by Gasteiger charge is 2.27. The van der Waals surface area contributed by atoms with E-state index in [1.165, 1.54) is 6.07 Å². The lowest BCUT2D eigenvalue weighted by molar-refractivity contribution is -0.384. The minimum absolute atomic E-state index is 0.0984. The number of methoxy groups -OCH3 is 1. The Morgan fingerprint density at radius 1 is 1.45 bits per heavy atom. The predicted molar refractivity (Wildman–Crippen MR) is 76.3 cm³/mol. The predicted octanol–water partition coefficient (Wildman–Crippen LogP) is 2.20. The smallest absolute Gasteiger partial charge is 0.292 e. The lowest BCUT2D eigenvalue weighted by Crippen LogP contribution is -2.37.